The van der Waals surface area contributed by atoms with Gasteiger partial charge in [0.25, 0.3) is 0 Å². The molecule has 5 nitrogen and oxygen atoms in total. The van der Waals surface area contributed by atoms with E-state index >= 15 is 0 Å². The first-order valence-electron chi connectivity index (χ1n) is 10.8. The molecule has 2 aromatic rings. The number of nitrogens with one attached hydrogen (secondary N) is 1. The lowest BCUT2D eigenvalue weighted by Gasteiger charge is -2.36. The molecule has 2 aliphatic rings. The summed E-state index contributed by atoms with van der Waals surface area (Å²) in [5.74, 6) is -2.06. The number of rotatable bonds is 6. The van der Waals surface area contributed by atoms with Crippen molar-refractivity contribution in [2.24, 2.45) is 0 Å². The van der Waals surface area contributed by atoms with Crippen molar-refractivity contribution < 1.29 is 23.5 Å². The number of carbonyl (C=O) groups is 2. The molecule has 2 atom stereocenters. The van der Waals surface area contributed by atoms with Gasteiger partial charge in [-0.2, -0.15) is 0 Å². The molecule has 0 radical (unpaired) electrons. The molecule has 1 heterocycles. The van der Waals surface area contributed by atoms with Crippen LogP contribution in [0.15, 0.2) is 71.1 Å². The fraction of sp³-hybridized carbons (Fsp3) is 0.308. The van der Waals surface area contributed by atoms with Crippen molar-refractivity contribution in [3.8, 4) is 0 Å². The van der Waals surface area contributed by atoms with Crippen molar-refractivity contribution in [1.29, 1.82) is 0 Å². The van der Waals surface area contributed by atoms with Gasteiger partial charge >= 0.3 is 5.97 Å². The Morgan fingerprint density at radius 2 is 1.85 bits per heavy atom. The van der Waals surface area contributed by atoms with Crippen LogP contribution in [0.2, 0.25) is 5.02 Å². The molecule has 7 heteroatoms. The SMILES string of the molecule is COCCOC(=O)C1=C(C)NC2=C(C(=O)C[C@@H](c3ccc(Cl)cc3)C2)[C@@H]1c1ccccc1F. The first-order chi connectivity index (χ1) is 15.9. The highest BCUT2D eigenvalue weighted by atomic mass is 35.5. The van der Waals surface area contributed by atoms with Crippen LogP contribution in [0.5, 0.6) is 0 Å². The van der Waals surface area contributed by atoms with Gasteiger partial charge in [0.15, 0.2) is 5.78 Å². The highest BCUT2D eigenvalue weighted by Gasteiger charge is 2.42. The quantitative estimate of drug-likeness (QED) is 0.475. The van der Waals surface area contributed by atoms with E-state index in [1.165, 1.54) is 13.2 Å². The molecule has 0 aromatic heterocycles. The Morgan fingerprint density at radius 3 is 2.55 bits per heavy atom. The average Bonchev–Trinajstić information content (AvgIpc) is 2.79. The number of dihydropyridines is 1. The molecule has 0 saturated heterocycles. The molecule has 4 rings (SSSR count). The second-order valence-corrected chi connectivity index (χ2v) is 8.66. The fourth-order valence-corrected chi connectivity index (χ4v) is 4.72. The molecule has 0 bridgehead atoms. The van der Waals surface area contributed by atoms with Gasteiger partial charge < -0.3 is 14.8 Å². The van der Waals surface area contributed by atoms with Gasteiger partial charge in [0.2, 0.25) is 0 Å². The van der Waals surface area contributed by atoms with Crippen LogP contribution in [0.4, 0.5) is 4.39 Å². The highest BCUT2D eigenvalue weighted by molar-refractivity contribution is 6.30. The van der Waals surface area contributed by atoms with E-state index in [0.717, 1.165) is 5.56 Å². The van der Waals surface area contributed by atoms with Crippen molar-refractivity contribution in [3.05, 3.63) is 93.0 Å². The molecule has 1 aliphatic heterocycles. The normalized spacial score (nSPS) is 20.4. The number of allylic oxidation sites excluding steroid dienone is 3. The van der Waals surface area contributed by atoms with E-state index in [1.54, 1.807) is 37.3 Å². The molecule has 0 saturated carbocycles. The van der Waals surface area contributed by atoms with Crippen molar-refractivity contribution >= 4 is 23.4 Å². The third-order valence-corrected chi connectivity index (χ3v) is 6.38. The summed E-state index contributed by atoms with van der Waals surface area (Å²) < 4.78 is 25.3. The van der Waals surface area contributed by atoms with E-state index in [0.29, 0.717) is 28.4 Å². The zero-order valence-corrected chi connectivity index (χ0v) is 19.2. The Kier molecular flexibility index (Phi) is 6.96. The summed E-state index contributed by atoms with van der Waals surface area (Å²) in [6, 6.07) is 13.7. The number of hydrogen-bond donors (Lipinski definition) is 1. The number of esters is 1. The predicted molar refractivity (Wildman–Crippen MR) is 123 cm³/mol. The van der Waals surface area contributed by atoms with Crippen LogP contribution >= 0.6 is 11.6 Å². The number of carbonyl (C=O) groups excluding carboxylic acids is 2. The number of hydrogen-bond acceptors (Lipinski definition) is 5. The van der Waals surface area contributed by atoms with Crippen molar-refractivity contribution in [1.82, 2.24) is 5.32 Å². The van der Waals surface area contributed by atoms with Gasteiger partial charge in [0, 0.05) is 41.1 Å². The first-order valence-corrected chi connectivity index (χ1v) is 11.2. The Bertz CT molecular complexity index is 1140. The topological polar surface area (TPSA) is 64.6 Å². The third-order valence-electron chi connectivity index (χ3n) is 6.13. The molecule has 2 aromatic carbocycles. The van der Waals surface area contributed by atoms with Crippen molar-refractivity contribution in [2.45, 2.75) is 31.6 Å². The molecule has 172 valence electrons. The molecule has 0 fully saturated rings. The Balaban J connectivity index is 1.76. The van der Waals surface area contributed by atoms with Gasteiger partial charge in [-0.25, -0.2) is 9.18 Å². The molecule has 0 spiro atoms. The number of halogens is 2. The van der Waals surface area contributed by atoms with Gasteiger partial charge in [0.1, 0.15) is 12.4 Å². The second-order valence-electron chi connectivity index (χ2n) is 8.22. The zero-order chi connectivity index (χ0) is 23.5. The van der Waals surface area contributed by atoms with E-state index in [9.17, 15) is 14.0 Å². The second kappa shape index (κ2) is 9.89. The van der Waals surface area contributed by atoms with Crippen LogP contribution in [-0.4, -0.2) is 32.1 Å². The summed E-state index contributed by atoms with van der Waals surface area (Å²) in [4.78, 5) is 26.5. The lowest BCUT2D eigenvalue weighted by molar-refractivity contribution is -0.140. The summed E-state index contributed by atoms with van der Waals surface area (Å²) in [6.45, 7) is 2.06. The van der Waals surface area contributed by atoms with Gasteiger partial charge in [-0.3, -0.25) is 4.79 Å². The van der Waals surface area contributed by atoms with E-state index in [-0.39, 0.29) is 42.5 Å². The summed E-state index contributed by atoms with van der Waals surface area (Å²) in [5.41, 5.74) is 3.22. The van der Waals surface area contributed by atoms with E-state index in [4.69, 9.17) is 21.1 Å². The van der Waals surface area contributed by atoms with Crippen LogP contribution in [0.25, 0.3) is 0 Å². The first kappa shape index (κ1) is 23.2. The lowest BCUT2D eigenvalue weighted by atomic mass is 9.71. The monoisotopic (exact) mass is 469 g/mol. The number of benzene rings is 2. The Hall–Kier alpha value is -2.96. The number of Topliss-reactive ketones (excluding diaryl/α,β-unsaturated/α-hetero) is 1. The van der Waals surface area contributed by atoms with Gasteiger partial charge in [0.05, 0.1) is 18.1 Å². The molecule has 1 N–H and O–H groups in total. The molecule has 0 amide bonds. The maximum Gasteiger partial charge on any atom is 0.336 e. The minimum Gasteiger partial charge on any atom is -0.460 e. The molecule has 1 aliphatic carbocycles. The standard InChI is InChI=1S/C26H25ClFNO4/c1-15-23(26(31)33-12-11-32-2)24(19-5-3-4-6-20(19)28)25-21(29-15)13-17(14-22(25)30)16-7-9-18(27)10-8-16/h3-10,17,24,29H,11-14H2,1-2H3/t17-,24+/m0/s1. The number of ketones is 1. The fourth-order valence-electron chi connectivity index (χ4n) is 4.60. The molecular weight excluding hydrogens is 445 g/mol. The molecular formula is C26H25ClFNO4. The summed E-state index contributed by atoms with van der Waals surface area (Å²) in [7, 11) is 1.51. The summed E-state index contributed by atoms with van der Waals surface area (Å²) in [5, 5.41) is 3.89. The van der Waals surface area contributed by atoms with Crippen LogP contribution in [0, 0.1) is 5.82 Å². The number of ether oxygens (including phenoxy) is 2. The van der Waals surface area contributed by atoms with Crippen LogP contribution in [0.1, 0.15) is 42.7 Å². The van der Waals surface area contributed by atoms with Crippen molar-refractivity contribution in [2.75, 3.05) is 20.3 Å². The minimum atomic E-state index is -0.837. The number of methoxy groups -OCH3 is 1. The smallest absolute Gasteiger partial charge is 0.336 e. The highest BCUT2D eigenvalue weighted by Crippen LogP contribution is 2.46. The summed E-state index contributed by atoms with van der Waals surface area (Å²) in [6.07, 6.45) is 0.829. The Labute approximate surface area is 197 Å². The van der Waals surface area contributed by atoms with Crippen LogP contribution in [-0.2, 0) is 19.1 Å². The van der Waals surface area contributed by atoms with E-state index in [1.807, 2.05) is 12.1 Å². The van der Waals surface area contributed by atoms with Gasteiger partial charge in [-0.05, 0) is 43.0 Å². The summed E-state index contributed by atoms with van der Waals surface area (Å²) >= 11 is 6.02. The van der Waals surface area contributed by atoms with Gasteiger partial charge in [-0.15, -0.1) is 0 Å². The molecule has 33 heavy (non-hydrogen) atoms. The van der Waals surface area contributed by atoms with Crippen molar-refractivity contribution in [3.63, 3.8) is 0 Å². The zero-order valence-electron chi connectivity index (χ0n) is 18.5. The lowest BCUT2D eigenvalue weighted by Crippen LogP contribution is -2.36. The predicted octanol–water partition coefficient (Wildman–Crippen LogP) is 5.03. The minimum absolute atomic E-state index is 0.0368. The van der Waals surface area contributed by atoms with E-state index < -0.39 is 17.7 Å². The van der Waals surface area contributed by atoms with Crippen LogP contribution < -0.4 is 5.32 Å². The largest absolute Gasteiger partial charge is 0.460 e. The maximum absolute atomic E-state index is 14.9. The Morgan fingerprint density at radius 1 is 1.12 bits per heavy atom. The molecule has 0 unspecified atom stereocenters. The van der Waals surface area contributed by atoms with Crippen LogP contribution in [0.3, 0.4) is 0 Å². The maximum atomic E-state index is 14.9. The third kappa shape index (κ3) is 4.72. The van der Waals surface area contributed by atoms with E-state index in [2.05, 4.69) is 5.32 Å². The average molecular weight is 470 g/mol. The van der Waals surface area contributed by atoms with Gasteiger partial charge in [-0.1, -0.05) is 41.9 Å².